The van der Waals surface area contributed by atoms with Crippen molar-refractivity contribution in [2.45, 2.75) is 30.3 Å². The highest BCUT2D eigenvalue weighted by atomic mass is 79.9. The summed E-state index contributed by atoms with van der Waals surface area (Å²) < 4.78 is 40.3. The molecule has 0 saturated heterocycles. The molecule has 1 aromatic carbocycles. The maximum Gasteiger partial charge on any atom is 0.411 e. The summed E-state index contributed by atoms with van der Waals surface area (Å²) in [7, 11) is 0. The predicted octanol–water partition coefficient (Wildman–Crippen LogP) is 4.65. The normalized spacial score (nSPS) is 22.5. The Morgan fingerprint density at radius 1 is 1.26 bits per heavy atom. The van der Waals surface area contributed by atoms with Crippen molar-refractivity contribution in [3.8, 4) is 0 Å². The maximum atomic E-state index is 11.9. The molecule has 106 valence electrons. The van der Waals surface area contributed by atoms with Crippen molar-refractivity contribution in [2.24, 2.45) is 5.92 Å². The predicted molar refractivity (Wildman–Crippen MR) is 71.4 cm³/mol. The van der Waals surface area contributed by atoms with Crippen LogP contribution in [0, 0.1) is 5.92 Å². The second-order valence-electron chi connectivity index (χ2n) is 4.87. The molecule has 2 rings (SSSR count). The summed E-state index contributed by atoms with van der Waals surface area (Å²) in [5.74, 6) is 0.451. The molecule has 0 heterocycles. The Bertz CT molecular complexity index is 419. The molecule has 0 fully saturated rings. The molecule has 5 heteroatoms. The molecule has 1 nitrogen and oxygen atoms in total. The van der Waals surface area contributed by atoms with Gasteiger partial charge in [-0.3, -0.25) is 0 Å². The van der Waals surface area contributed by atoms with E-state index in [0.717, 1.165) is 12.8 Å². The number of alkyl halides is 4. The second-order valence-corrected chi connectivity index (χ2v) is 5.86. The van der Waals surface area contributed by atoms with Gasteiger partial charge in [-0.2, -0.15) is 13.2 Å². The Morgan fingerprint density at radius 3 is 2.68 bits per heavy atom. The molecule has 0 amide bonds. The van der Waals surface area contributed by atoms with Gasteiger partial charge in [0.15, 0.2) is 0 Å². The monoisotopic (exact) mass is 336 g/mol. The summed E-state index contributed by atoms with van der Waals surface area (Å²) in [5.41, 5.74) is 2.65. The molecule has 19 heavy (non-hydrogen) atoms. The van der Waals surface area contributed by atoms with Gasteiger partial charge in [0, 0.05) is 11.4 Å². The van der Waals surface area contributed by atoms with E-state index in [4.69, 9.17) is 0 Å². The topological polar surface area (TPSA) is 9.23 Å². The number of hydrogen-bond acceptors (Lipinski definition) is 1. The van der Waals surface area contributed by atoms with Gasteiger partial charge in [0.1, 0.15) is 6.61 Å². The molecule has 0 bridgehead atoms. The zero-order valence-electron chi connectivity index (χ0n) is 10.4. The molecule has 0 radical (unpaired) electrons. The number of rotatable bonds is 5. The van der Waals surface area contributed by atoms with E-state index in [1.165, 1.54) is 11.1 Å². The molecular formula is C14H16BrF3O. The molecule has 1 aliphatic carbocycles. The van der Waals surface area contributed by atoms with E-state index < -0.39 is 12.8 Å². The first-order chi connectivity index (χ1) is 8.97. The van der Waals surface area contributed by atoms with E-state index in [-0.39, 0.29) is 6.61 Å². The molecule has 0 spiro atoms. The van der Waals surface area contributed by atoms with Crippen molar-refractivity contribution in [2.75, 3.05) is 13.2 Å². The highest BCUT2D eigenvalue weighted by Crippen LogP contribution is 2.44. The summed E-state index contributed by atoms with van der Waals surface area (Å²) >= 11 is 3.68. The Balaban J connectivity index is 1.72. The Morgan fingerprint density at radius 2 is 2.00 bits per heavy atom. The Hall–Kier alpha value is -0.550. The van der Waals surface area contributed by atoms with Crippen LogP contribution < -0.4 is 0 Å². The van der Waals surface area contributed by atoms with Crippen LogP contribution in [-0.4, -0.2) is 19.4 Å². The van der Waals surface area contributed by atoms with Crippen molar-refractivity contribution >= 4 is 15.9 Å². The number of benzene rings is 1. The summed E-state index contributed by atoms with van der Waals surface area (Å²) in [6, 6.07) is 8.26. The van der Waals surface area contributed by atoms with Gasteiger partial charge in [0.05, 0.1) is 0 Å². The molecule has 1 aliphatic rings. The molecule has 0 aliphatic heterocycles. The van der Waals surface area contributed by atoms with E-state index in [2.05, 4.69) is 32.8 Å². The molecular weight excluding hydrogens is 321 g/mol. The second kappa shape index (κ2) is 6.27. The van der Waals surface area contributed by atoms with Crippen LogP contribution in [0.15, 0.2) is 24.3 Å². The molecule has 0 N–H and O–H groups in total. The van der Waals surface area contributed by atoms with Crippen LogP contribution >= 0.6 is 15.9 Å². The van der Waals surface area contributed by atoms with Crippen molar-refractivity contribution in [3.63, 3.8) is 0 Å². The van der Waals surface area contributed by atoms with Gasteiger partial charge in [0.2, 0.25) is 0 Å². The zero-order chi connectivity index (χ0) is 13.9. The van der Waals surface area contributed by atoms with E-state index in [1.807, 2.05) is 12.1 Å². The minimum atomic E-state index is -4.22. The average Bonchev–Trinajstić information content (AvgIpc) is 2.65. The number of halogens is 4. The van der Waals surface area contributed by atoms with Crippen LogP contribution in [0.5, 0.6) is 0 Å². The summed E-state index contributed by atoms with van der Waals surface area (Å²) in [6.45, 7) is -0.971. The lowest BCUT2D eigenvalue weighted by Gasteiger charge is -2.14. The number of fused-ring (bicyclic) bond motifs is 1. The third-order valence-corrected chi connectivity index (χ3v) is 4.62. The quantitative estimate of drug-likeness (QED) is 0.561. The van der Waals surface area contributed by atoms with Gasteiger partial charge in [0.25, 0.3) is 0 Å². The first-order valence-electron chi connectivity index (χ1n) is 6.34. The zero-order valence-corrected chi connectivity index (χ0v) is 12.0. The minimum Gasteiger partial charge on any atom is -0.372 e. The fourth-order valence-corrected chi connectivity index (χ4v) is 3.41. The molecule has 0 saturated carbocycles. The summed E-state index contributed by atoms with van der Waals surface area (Å²) in [4.78, 5) is 0.311. The molecule has 1 aromatic rings. The highest BCUT2D eigenvalue weighted by Gasteiger charge is 2.30. The summed E-state index contributed by atoms with van der Waals surface area (Å²) in [5, 5.41) is 0. The van der Waals surface area contributed by atoms with E-state index in [1.54, 1.807) is 0 Å². The maximum absolute atomic E-state index is 11.9. The number of hydrogen-bond donors (Lipinski definition) is 0. The Labute approximate surface area is 119 Å². The first kappa shape index (κ1) is 14.9. The fraction of sp³-hybridized carbons (Fsp3) is 0.571. The largest absolute Gasteiger partial charge is 0.411 e. The van der Waals surface area contributed by atoms with Gasteiger partial charge in [-0.05, 0) is 36.3 Å². The standard InChI is InChI=1S/C14H16BrF3O/c15-13-11(5-3-7-19-9-14(16,17)18)8-10-4-1-2-6-12(10)13/h1-2,4,6,11,13H,3,5,7-9H2. The number of ether oxygens (including phenoxy) is 1. The fourth-order valence-electron chi connectivity index (χ4n) is 2.51. The SMILES string of the molecule is FC(F)(F)COCCCC1Cc2ccccc2C1Br. The van der Waals surface area contributed by atoms with E-state index >= 15 is 0 Å². The van der Waals surface area contributed by atoms with Gasteiger partial charge >= 0.3 is 6.18 Å². The third kappa shape index (κ3) is 4.21. The van der Waals surface area contributed by atoms with Crippen molar-refractivity contribution in [1.29, 1.82) is 0 Å². The van der Waals surface area contributed by atoms with Crippen LogP contribution in [0.2, 0.25) is 0 Å². The van der Waals surface area contributed by atoms with Gasteiger partial charge in [-0.25, -0.2) is 0 Å². The van der Waals surface area contributed by atoms with Crippen LogP contribution in [0.3, 0.4) is 0 Å². The minimum absolute atomic E-state index is 0.173. The van der Waals surface area contributed by atoms with Crippen molar-refractivity contribution < 1.29 is 17.9 Å². The van der Waals surface area contributed by atoms with Gasteiger partial charge in [-0.1, -0.05) is 40.2 Å². The first-order valence-corrected chi connectivity index (χ1v) is 7.25. The van der Waals surface area contributed by atoms with Gasteiger partial charge < -0.3 is 4.74 Å². The van der Waals surface area contributed by atoms with Crippen LogP contribution in [0.25, 0.3) is 0 Å². The highest BCUT2D eigenvalue weighted by molar-refractivity contribution is 9.09. The van der Waals surface area contributed by atoms with Crippen molar-refractivity contribution in [1.82, 2.24) is 0 Å². The Kier molecular flexibility index (Phi) is 4.90. The van der Waals surface area contributed by atoms with Crippen LogP contribution in [-0.2, 0) is 11.2 Å². The van der Waals surface area contributed by atoms with Crippen molar-refractivity contribution in [3.05, 3.63) is 35.4 Å². The lowest BCUT2D eigenvalue weighted by Crippen LogP contribution is -2.17. The van der Waals surface area contributed by atoms with Crippen LogP contribution in [0.1, 0.15) is 28.8 Å². The van der Waals surface area contributed by atoms with E-state index in [9.17, 15) is 13.2 Å². The van der Waals surface area contributed by atoms with Crippen LogP contribution in [0.4, 0.5) is 13.2 Å². The molecule has 2 atom stereocenters. The molecule has 0 aromatic heterocycles. The lowest BCUT2D eigenvalue weighted by molar-refractivity contribution is -0.174. The van der Waals surface area contributed by atoms with Gasteiger partial charge in [-0.15, -0.1) is 0 Å². The average molecular weight is 337 g/mol. The third-order valence-electron chi connectivity index (χ3n) is 3.38. The smallest absolute Gasteiger partial charge is 0.372 e. The van der Waals surface area contributed by atoms with E-state index in [0.29, 0.717) is 17.2 Å². The lowest BCUT2D eigenvalue weighted by atomic mass is 10.0. The summed E-state index contributed by atoms with van der Waals surface area (Å²) in [6.07, 6.45) is -1.69. The molecule has 2 unspecified atom stereocenters.